The highest BCUT2D eigenvalue weighted by Gasteiger charge is 2.11. The molecular weight excluding hydrogens is 336 g/mol. The van der Waals surface area contributed by atoms with Crippen molar-refractivity contribution >= 4 is 29.7 Å². The molecule has 0 N–H and O–H groups in total. The number of anilines is 1. The topological polar surface area (TPSA) is 12.5 Å². The molecule has 0 atom stereocenters. The lowest BCUT2D eigenvalue weighted by Crippen LogP contribution is -2.29. The summed E-state index contributed by atoms with van der Waals surface area (Å²) in [6.07, 6.45) is 3.78. The maximum Gasteiger partial charge on any atom is 0.131 e. The molecule has 2 aromatic rings. The quantitative estimate of drug-likeness (QED) is 0.720. The first-order valence-electron chi connectivity index (χ1n) is 7.64. The number of rotatable bonds is 4. The Hall–Kier alpha value is -1.45. The van der Waals surface area contributed by atoms with Gasteiger partial charge in [-0.25, -0.2) is 4.39 Å². The largest absolute Gasteiger partial charge is 0.489 e. The lowest BCUT2D eigenvalue weighted by atomic mass is 10.1. The van der Waals surface area contributed by atoms with Crippen LogP contribution in [0.2, 0.25) is 5.02 Å². The highest BCUT2D eigenvalue weighted by Crippen LogP contribution is 2.25. The summed E-state index contributed by atoms with van der Waals surface area (Å²) < 4.78 is 19.5. The third-order valence-corrected chi connectivity index (χ3v) is 4.18. The second-order valence-electron chi connectivity index (χ2n) is 5.57. The van der Waals surface area contributed by atoms with Crippen LogP contribution in [0.4, 0.5) is 10.1 Å². The predicted molar refractivity (Wildman–Crippen MR) is 95.5 cm³/mol. The molecule has 0 radical (unpaired) electrons. The van der Waals surface area contributed by atoms with Gasteiger partial charge in [0.05, 0.1) is 0 Å². The Balaban J connectivity index is 0.00000192. The zero-order valence-electron chi connectivity index (χ0n) is 12.8. The molecule has 1 heterocycles. The van der Waals surface area contributed by atoms with Gasteiger partial charge in [-0.2, -0.15) is 0 Å². The van der Waals surface area contributed by atoms with Crippen LogP contribution in [0.3, 0.4) is 0 Å². The van der Waals surface area contributed by atoms with E-state index < -0.39 is 0 Å². The predicted octanol–water partition coefficient (Wildman–Crippen LogP) is 5.47. The second-order valence-corrected chi connectivity index (χ2v) is 6.01. The summed E-state index contributed by atoms with van der Waals surface area (Å²) in [5.74, 6) is 0.428. The van der Waals surface area contributed by atoms with E-state index in [4.69, 9.17) is 16.3 Å². The van der Waals surface area contributed by atoms with Gasteiger partial charge in [-0.3, -0.25) is 0 Å². The molecule has 3 rings (SSSR count). The van der Waals surface area contributed by atoms with Crippen molar-refractivity contribution in [2.75, 3.05) is 18.0 Å². The average Bonchev–Trinajstić information content (AvgIpc) is 2.55. The maximum absolute atomic E-state index is 13.8. The standard InChI is InChI=1S/C18H19ClFNO.ClH/c19-15-8-7-14(18(20)11-15)13-22-17-6-4-5-16(12-17)21-9-2-1-3-10-21;/h4-8,11-12H,1-3,9-10,13H2;1H. The van der Waals surface area contributed by atoms with Gasteiger partial charge >= 0.3 is 0 Å². The van der Waals surface area contributed by atoms with E-state index in [1.54, 1.807) is 12.1 Å². The van der Waals surface area contributed by atoms with Crippen molar-refractivity contribution in [1.82, 2.24) is 0 Å². The fraction of sp³-hybridized carbons (Fsp3) is 0.333. The SMILES string of the molecule is Cl.Fc1cc(Cl)ccc1COc1cccc(N2CCCCC2)c1. The van der Waals surface area contributed by atoms with E-state index in [1.807, 2.05) is 18.2 Å². The molecule has 5 heteroatoms. The van der Waals surface area contributed by atoms with Crippen LogP contribution in [0, 0.1) is 5.82 Å². The smallest absolute Gasteiger partial charge is 0.131 e. The Morgan fingerprint density at radius 3 is 2.57 bits per heavy atom. The fourth-order valence-electron chi connectivity index (χ4n) is 2.72. The Bertz CT molecular complexity index is 645. The molecule has 1 aliphatic rings. The van der Waals surface area contributed by atoms with Gasteiger partial charge in [0.2, 0.25) is 0 Å². The molecule has 2 aromatic carbocycles. The summed E-state index contributed by atoms with van der Waals surface area (Å²) in [7, 11) is 0. The van der Waals surface area contributed by atoms with Crippen molar-refractivity contribution in [2.45, 2.75) is 25.9 Å². The molecule has 0 aliphatic carbocycles. The van der Waals surface area contributed by atoms with Gasteiger partial charge in [0, 0.05) is 35.4 Å². The van der Waals surface area contributed by atoms with Crippen molar-refractivity contribution in [3.63, 3.8) is 0 Å². The molecule has 2 nitrogen and oxygen atoms in total. The van der Waals surface area contributed by atoms with Crippen LogP contribution in [0.25, 0.3) is 0 Å². The molecule has 124 valence electrons. The molecule has 0 amide bonds. The Morgan fingerprint density at radius 1 is 1.04 bits per heavy atom. The number of hydrogen-bond donors (Lipinski definition) is 0. The number of hydrogen-bond acceptors (Lipinski definition) is 2. The number of halogens is 3. The van der Waals surface area contributed by atoms with Gasteiger partial charge in [0.1, 0.15) is 18.2 Å². The lowest BCUT2D eigenvalue weighted by molar-refractivity contribution is 0.300. The van der Waals surface area contributed by atoms with Crippen LogP contribution in [0.1, 0.15) is 24.8 Å². The molecule has 0 unspecified atom stereocenters. The molecule has 0 saturated carbocycles. The van der Waals surface area contributed by atoms with Gasteiger partial charge in [-0.1, -0.05) is 23.7 Å². The summed E-state index contributed by atoms with van der Waals surface area (Å²) in [5.41, 5.74) is 1.68. The van der Waals surface area contributed by atoms with E-state index in [1.165, 1.54) is 31.0 Å². The van der Waals surface area contributed by atoms with Gasteiger partial charge in [0.25, 0.3) is 0 Å². The Kier molecular flexibility index (Phi) is 6.55. The number of nitrogens with zero attached hydrogens (tertiary/aromatic N) is 1. The summed E-state index contributed by atoms with van der Waals surface area (Å²) in [6, 6.07) is 12.7. The van der Waals surface area contributed by atoms with E-state index in [2.05, 4.69) is 11.0 Å². The van der Waals surface area contributed by atoms with Gasteiger partial charge < -0.3 is 9.64 Å². The molecule has 0 aromatic heterocycles. The minimum Gasteiger partial charge on any atom is -0.489 e. The Labute approximate surface area is 147 Å². The second kappa shape index (κ2) is 8.42. The normalized spacial score (nSPS) is 14.3. The number of benzene rings is 2. The van der Waals surface area contributed by atoms with Crippen LogP contribution in [-0.4, -0.2) is 13.1 Å². The first kappa shape index (κ1) is 17.9. The molecule has 1 fully saturated rings. The van der Waals surface area contributed by atoms with Crippen molar-refractivity contribution in [3.05, 3.63) is 58.9 Å². The monoisotopic (exact) mass is 355 g/mol. The van der Waals surface area contributed by atoms with Crippen LogP contribution in [-0.2, 0) is 6.61 Å². The van der Waals surface area contributed by atoms with Crippen LogP contribution < -0.4 is 9.64 Å². The van der Waals surface area contributed by atoms with Crippen molar-refractivity contribution in [3.8, 4) is 5.75 Å². The van der Waals surface area contributed by atoms with Crippen molar-refractivity contribution < 1.29 is 9.13 Å². The summed E-state index contributed by atoms with van der Waals surface area (Å²) in [4.78, 5) is 2.37. The van der Waals surface area contributed by atoms with Crippen LogP contribution in [0.5, 0.6) is 5.75 Å². The zero-order valence-corrected chi connectivity index (χ0v) is 14.4. The number of ether oxygens (including phenoxy) is 1. The van der Waals surface area contributed by atoms with Crippen molar-refractivity contribution in [2.24, 2.45) is 0 Å². The molecule has 0 spiro atoms. The van der Waals surface area contributed by atoms with Crippen LogP contribution in [0.15, 0.2) is 42.5 Å². The fourth-order valence-corrected chi connectivity index (χ4v) is 2.88. The first-order valence-corrected chi connectivity index (χ1v) is 8.02. The summed E-state index contributed by atoms with van der Waals surface area (Å²) >= 11 is 5.75. The minimum atomic E-state index is -0.334. The zero-order chi connectivity index (χ0) is 15.4. The minimum absolute atomic E-state index is 0. The molecule has 1 aliphatic heterocycles. The maximum atomic E-state index is 13.8. The first-order chi connectivity index (χ1) is 10.7. The summed E-state index contributed by atoms with van der Waals surface area (Å²) in [6.45, 7) is 2.39. The number of piperidine rings is 1. The van der Waals surface area contributed by atoms with E-state index in [0.717, 1.165) is 18.8 Å². The van der Waals surface area contributed by atoms with Gasteiger partial charge in [0.15, 0.2) is 0 Å². The molecule has 0 bridgehead atoms. The van der Waals surface area contributed by atoms with Crippen LogP contribution >= 0.6 is 24.0 Å². The van der Waals surface area contributed by atoms with E-state index in [9.17, 15) is 4.39 Å². The lowest BCUT2D eigenvalue weighted by Gasteiger charge is -2.29. The third-order valence-electron chi connectivity index (χ3n) is 3.95. The van der Waals surface area contributed by atoms with E-state index in [-0.39, 0.29) is 24.8 Å². The third kappa shape index (κ3) is 4.76. The van der Waals surface area contributed by atoms with E-state index >= 15 is 0 Å². The summed E-state index contributed by atoms with van der Waals surface area (Å²) in [5, 5.41) is 0.397. The molecule has 1 saturated heterocycles. The Morgan fingerprint density at radius 2 is 1.83 bits per heavy atom. The highest BCUT2D eigenvalue weighted by molar-refractivity contribution is 6.30. The highest BCUT2D eigenvalue weighted by atomic mass is 35.5. The molecule has 23 heavy (non-hydrogen) atoms. The van der Waals surface area contributed by atoms with Crippen molar-refractivity contribution in [1.29, 1.82) is 0 Å². The van der Waals surface area contributed by atoms with Gasteiger partial charge in [-0.05, 0) is 43.5 Å². The van der Waals surface area contributed by atoms with Gasteiger partial charge in [-0.15, -0.1) is 12.4 Å². The molecular formula is C18H20Cl2FNO. The average molecular weight is 356 g/mol. The van der Waals surface area contributed by atoms with E-state index in [0.29, 0.717) is 10.6 Å².